The van der Waals surface area contributed by atoms with Crippen LogP contribution in [0.2, 0.25) is 0 Å². The zero-order valence-electron chi connectivity index (χ0n) is 9.25. The third kappa shape index (κ3) is 3.42. The van der Waals surface area contributed by atoms with Gasteiger partial charge < -0.3 is 20.5 Å². The summed E-state index contributed by atoms with van der Waals surface area (Å²) in [5.74, 6) is 1.52. The minimum atomic E-state index is 0.507. The second-order valence-electron chi connectivity index (χ2n) is 3.14. The number of nitrogens with two attached hydrogens (primary N) is 1. The van der Waals surface area contributed by atoms with Crippen molar-refractivity contribution in [3.63, 3.8) is 0 Å². The lowest BCUT2D eigenvalue weighted by atomic mass is 10.1. The largest absolute Gasteiger partial charge is 0.493 e. The summed E-state index contributed by atoms with van der Waals surface area (Å²) < 4.78 is 10.4. The summed E-state index contributed by atoms with van der Waals surface area (Å²) >= 11 is 0. The third-order valence-electron chi connectivity index (χ3n) is 2.18. The fourth-order valence-corrected chi connectivity index (χ4v) is 1.37. The molecule has 1 rings (SSSR count). The Morgan fingerprint density at radius 3 is 2.53 bits per heavy atom. The Morgan fingerprint density at radius 1 is 1.20 bits per heavy atom. The first-order valence-corrected chi connectivity index (χ1v) is 4.93. The maximum Gasteiger partial charge on any atom is 0.160 e. The first-order chi connectivity index (χ1) is 7.31. The minimum Gasteiger partial charge on any atom is -0.493 e. The van der Waals surface area contributed by atoms with Crippen molar-refractivity contribution in [3.05, 3.63) is 23.8 Å². The van der Waals surface area contributed by atoms with Crippen LogP contribution in [0.1, 0.15) is 5.56 Å². The molecule has 0 atom stereocenters. The van der Waals surface area contributed by atoms with Crippen LogP contribution in [0.25, 0.3) is 0 Å². The Morgan fingerprint density at radius 2 is 1.93 bits per heavy atom. The molecule has 4 heteroatoms. The summed E-state index contributed by atoms with van der Waals surface area (Å²) in [6.45, 7) is 1.37. The highest BCUT2D eigenvalue weighted by Crippen LogP contribution is 2.27. The van der Waals surface area contributed by atoms with E-state index in [1.54, 1.807) is 14.2 Å². The Hall–Kier alpha value is -1.26. The van der Waals surface area contributed by atoms with E-state index in [0.29, 0.717) is 6.67 Å². The van der Waals surface area contributed by atoms with Crippen molar-refractivity contribution >= 4 is 0 Å². The number of hydrogen-bond acceptors (Lipinski definition) is 4. The number of methoxy groups -OCH3 is 2. The molecular weight excluding hydrogens is 192 g/mol. The summed E-state index contributed by atoms with van der Waals surface area (Å²) in [6.07, 6.45) is 0.928. The van der Waals surface area contributed by atoms with E-state index in [1.807, 2.05) is 18.2 Å². The van der Waals surface area contributed by atoms with Gasteiger partial charge in [0.25, 0.3) is 0 Å². The fourth-order valence-electron chi connectivity index (χ4n) is 1.37. The van der Waals surface area contributed by atoms with Crippen molar-refractivity contribution in [2.24, 2.45) is 5.73 Å². The van der Waals surface area contributed by atoms with Gasteiger partial charge in [0.2, 0.25) is 0 Å². The van der Waals surface area contributed by atoms with Gasteiger partial charge in [-0.3, -0.25) is 0 Å². The molecule has 4 nitrogen and oxygen atoms in total. The number of rotatable bonds is 6. The van der Waals surface area contributed by atoms with E-state index in [0.717, 1.165) is 24.5 Å². The van der Waals surface area contributed by atoms with E-state index in [-0.39, 0.29) is 0 Å². The Bertz CT molecular complexity index is 303. The standard InChI is InChI=1S/C11H18N2O2/c1-14-10-4-3-9(5-6-13-8-12)7-11(10)15-2/h3-4,7,13H,5-6,8,12H2,1-2H3. The molecule has 0 aliphatic heterocycles. The molecule has 0 aromatic heterocycles. The smallest absolute Gasteiger partial charge is 0.160 e. The molecule has 0 saturated heterocycles. The highest BCUT2D eigenvalue weighted by molar-refractivity contribution is 5.42. The van der Waals surface area contributed by atoms with Crippen molar-refractivity contribution in [2.75, 3.05) is 27.4 Å². The number of ether oxygens (including phenoxy) is 2. The van der Waals surface area contributed by atoms with Gasteiger partial charge in [-0.1, -0.05) is 6.07 Å². The molecule has 15 heavy (non-hydrogen) atoms. The van der Waals surface area contributed by atoms with Crippen LogP contribution in [0.5, 0.6) is 11.5 Å². The fraction of sp³-hybridized carbons (Fsp3) is 0.455. The van der Waals surface area contributed by atoms with Crippen LogP contribution in [0.15, 0.2) is 18.2 Å². The lowest BCUT2D eigenvalue weighted by molar-refractivity contribution is 0.354. The molecule has 0 fully saturated rings. The molecule has 0 amide bonds. The molecule has 0 heterocycles. The number of nitrogens with one attached hydrogen (secondary N) is 1. The van der Waals surface area contributed by atoms with Crippen molar-refractivity contribution in [1.29, 1.82) is 0 Å². The highest BCUT2D eigenvalue weighted by Gasteiger charge is 2.03. The van der Waals surface area contributed by atoms with Gasteiger partial charge in [-0.2, -0.15) is 0 Å². The number of benzene rings is 1. The van der Waals surface area contributed by atoms with E-state index in [1.165, 1.54) is 5.56 Å². The lowest BCUT2D eigenvalue weighted by Gasteiger charge is -2.09. The molecule has 0 saturated carbocycles. The topological polar surface area (TPSA) is 56.5 Å². The van der Waals surface area contributed by atoms with Crippen LogP contribution in [-0.4, -0.2) is 27.4 Å². The first-order valence-electron chi connectivity index (χ1n) is 4.93. The summed E-state index contributed by atoms with van der Waals surface area (Å²) in [4.78, 5) is 0. The molecule has 0 bridgehead atoms. The second kappa shape index (κ2) is 6.27. The van der Waals surface area contributed by atoms with Crippen LogP contribution in [0.3, 0.4) is 0 Å². The highest BCUT2D eigenvalue weighted by atomic mass is 16.5. The van der Waals surface area contributed by atoms with Crippen LogP contribution in [-0.2, 0) is 6.42 Å². The maximum atomic E-state index is 5.34. The Balaban J connectivity index is 2.66. The van der Waals surface area contributed by atoms with Gasteiger partial charge >= 0.3 is 0 Å². The maximum absolute atomic E-state index is 5.34. The molecule has 0 aliphatic carbocycles. The zero-order valence-corrected chi connectivity index (χ0v) is 9.25. The van der Waals surface area contributed by atoms with Crippen LogP contribution >= 0.6 is 0 Å². The minimum absolute atomic E-state index is 0.507. The normalized spacial score (nSPS) is 10.1. The molecule has 0 radical (unpaired) electrons. The quantitative estimate of drug-likeness (QED) is 0.537. The SMILES string of the molecule is COc1ccc(CCNCN)cc1OC. The van der Waals surface area contributed by atoms with E-state index in [2.05, 4.69) is 5.32 Å². The first kappa shape index (κ1) is 11.8. The average molecular weight is 210 g/mol. The van der Waals surface area contributed by atoms with Gasteiger partial charge in [0.15, 0.2) is 11.5 Å². The number of hydrogen-bond donors (Lipinski definition) is 2. The zero-order chi connectivity index (χ0) is 11.1. The Labute approximate surface area is 90.4 Å². The summed E-state index contributed by atoms with van der Waals surface area (Å²) in [5, 5.41) is 3.07. The van der Waals surface area contributed by atoms with E-state index >= 15 is 0 Å². The van der Waals surface area contributed by atoms with Crippen LogP contribution in [0, 0.1) is 0 Å². The molecule has 1 aromatic carbocycles. The van der Waals surface area contributed by atoms with Gasteiger partial charge in [0.1, 0.15) is 0 Å². The summed E-state index contributed by atoms with van der Waals surface area (Å²) in [7, 11) is 3.27. The van der Waals surface area contributed by atoms with Crippen molar-refractivity contribution in [1.82, 2.24) is 5.32 Å². The van der Waals surface area contributed by atoms with Crippen LogP contribution in [0.4, 0.5) is 0 Å². The third-order valence-corrected chi connectivity index (χ3v) is 2.18. The predicted molar refractivity (Wildman–Crippen MR) is 60.3 cm³/mol. The van der Waals surface area contributed by atoms with E-state index < -0.39 is 0 Å². The molecule has 0 aliphatic rings. The van der Waals surface area contributed by atoms with Crippen LogP contribution < -0.4 is 20.5 Å². The summed E-state index contributed by atoms with van der Waals surface area (Å²) in [6, 6.07) is 5.92. The van der Waals surface area contributed by atoms with Gasteiger partial charge in [-0.05, 0) is 24.1 Å². The molecule has 0 unspecified atom stereocenters. The van der Waals surface area contributed by atoms with Crippen molar-refractivity contribution < 1.29 is 9.47 Å². The van der Waals surface area contributed by atoms with Crippen molar-refractivity contribution in [3.8, 4) is 11.5 Å². The molecular formula is C11H18N2O2. The molecule has 84 valence electrons. The predicted octanol–water partition coefficient (Wildman–Crippen LogP) is 0.752. The lowest BCUT2D eigenvalue weighted by Crippen LogP contribution is -2.24. The Kier molecular flexibility index (Phi) is 4.93. The van der Waals surface area contributed by atoms with Crippen molar-refractivity contribution in [2.45, 2.75) is 6.42 Å². The van der Waals surface area contributed by atoms with E-state index in [4.69, 9.17) is 15.2 Å². The van der Waals surface area contributed by atoms with Gasteiger partial charge in [0, 0.05) is 13.2 Å². The van der Waals surface area contributed by atoms with Gasteiger partial charge in [-0.25, -0.2) is 0 Å². The van der Waals surface area contributed by atoms with Gasteiger partial charge in [0.05, 0.1) is 14.2 Å². The van der Waals surface area contributed by atoms with Gasteiger partial charge in [-0.15, -0.1) is 0 Å². The van der Waals surface area contributed by atoms with E-state index in [9.17, 15) is 0 Å². The molecule has 1 aromatic rings. The second-order valence-corrected chi connectivity index (χ2v) is 3.14. The monoisotopic (exact) mass is 210 g/mol. The summed E-state index contributed by atoms with van der Waals surface area (Å²) in [5.41, 5.74) is 6.54. The average Bonchev–Trinajstić information content (AvgIpc) is 2.29. The molecule has 0 spiro atoms. The molecule has 3 N–H and O–H groups in total.